The summed E-state index contributed by atoms with van der Waals surface area (Å²) in [4.78, 5) is 4.77. The van der Waals surface area contributed by atoms with Crippen molar-refractivity contribution >= 4 is 39.6 Å². The summed E-state index contributed by atoms with van der Waals surface area (Å²) in [7, 11) is 0. The molecule has 0 aliphatic carbocycles. The molecule has 28 heavy (non-hydrogen) atoms. The van der Waals surface area contributed by atoms with Gasteiger partial charge in [0.05, 0.1) is 11.0 Å². The minimum Gasteiger partial charge on any atom is -0.378 e. The summed E-state index contributed by atoms with van der Waals surface area (Å²) in [6.07, 6.45) is 1.89. The van der Waals surface area contributed by atoms with Crippen molar-refractivity contribution < 1.29 is 0 Å². The molecule has 0 spiro atoms. The average molecular weight is 360 g/mol. The van der Waals surface area contributed by atoms with Crippen LogP contribution in [0.3, 0.4) is 0 Å². The molecule has 0 aliphatic rings. The molecule has 0 atom stereocenters. The summed E-state index contributed by atoms with van der Waals surface area (Å²) in [5.41, 5.74) is 7.44. The molecule has 0 aliphatic heterocycles. The lowest BCUT2D eigenvalue weighted by Gasteiger charge is -2.20. The van der Waals surface area contributed by atoms with Gasteiger partial charge in [0.1, 0.15) is 0 Å². The normalized spacial score (nSPS) is 11.2. The van der Waals surface area contributed by atoms with Gasteiger partial charge in [0.2, 0.25) is 0 Å². The van der Waals surface area contributed by atoms with Gasteiger partial charge in [-0.1, -0.05) is 89.8 Å². The fourth-order valence-corrected chi connectivity index (χ4v) is 4.30. The Morgan fingerprint density at radius 3 is 2.00 bits per heavy atom. The second kappa shape index (κ2) is 6.68. The summed E-state index contributed by atoms with van der Waals surface area (Å²) in [6, 6.07) is 30.1. The SMILES string of the molecule is Cc1c(C)n(B(c2ccccc2)c2ccccc2)c2c1ccc1cccnc12. The van der Waals surface area contributed by atoms with Crippen LogP contribution in [-0.4, -0.2) is 16.3 Å². The van der Waals surface area contributed by atoms with Gasteiger partial charge in [0.15, 0.2) is 0 Å². The maximum atomic E-state index is 4.77. The molecule has 2 heterocycles. The summed E-state index contributed by atoms with van der Waals surface area (Å²) < 4.78 is 2.48. The van der Waals surface area contributed by atoms with Gasteiger partial charge in [-0.25, -0.2) is 0 Å². The van der Waals surface area contributed by atoms with E-state index in [-0.39, 0.29) is 6.85 Å². The smallest absolute Gasteiger partial charge is 0.327 e. The van der Waals surface area contributed by atoms with Crippen molar-refractivity contribution in [3.05, 3.63) is 102 Å². The Morgan fingerprint density at radius 1 is 0.714 bits per heavy atom. The van der Waals surface area contributed by atoms with Crippen LogP contribution in [-0.2, 0) is 0 Å². The highest BCUT2D eigenvalue weighted by Crippen LogP contribution is 2.31. The third-order valence-electron chi connectivity index (χ3n) is 5.79. The first-order valence-electron chi connectivity index (χ1n) is 9.70. The van der Waals surface area contributed by atoms with Crippen molar-refractivity contribution in [1.82, 2.24) is 9.46 Å². The molecule has 5 aromatic rings. The molecular weight excluding hydrogens is 339 g/mol. The molecule has 5 rings (SSSR count). The average Bonchev–Trinajstić information content (AvgIpc) is 3.01. The van der Waals surface area contributed by atoms with E-state index >= 15 is 0 Å². The first kappa shape index (κ1) is 16.8. The standard InChI is InChI=1S/C25H21BN2/c1-18-19(2)28(25-23(18)16-15-20-10-9-17-27-24(20)25)26(21-11-5-3-6-12-21)22-13-7-4-8-14-22/h3-17H,1-2H3. The van der Waals surface area contributed by atoms with E-state index in [0.717, 1.165) is 5.52 Å². The Balaban J connectivity index is 1.92. The Kier molecular flexibility index (Phi) is 4.02. The number of pyridine rings is 1. The van der Waals surface area contributed by atoms with Crippen LogP contribution in [0.2, 0.25) is 0 Å². The molecule has 3 heteroatoms. The van der Waals surface area contributed by atoms with Gasteiger partial charge < -0.3 is 4.48 Å². The zero-order chi connectivity index (χ0) is 19.1. The topological polar surface area (TPSA) is 17.8 Å². The summed E-state index contributed by atoms with van der Waals surface area (Å²) in [6.45, 7) is 4.55. The largest absolute Gasteiger partial charge is 0.378 e. The van der Waals surface area contributed by atoms with E-state index in [1.807, 2.05) is 12.3 Å². The molecule has 2 aromatic heterocycles. The molecule has 0 saturated heterocycles. The second-order valence-electron chi connectivity index (χ2n) is 7.34. The first-order valence-corrected chi connectivity index (χ1v) is 9.70. The summed E-state index contributed by atoms with van der Waals surface area (Å²) in [5.74, 6) is 0. The Hall–Kier alpha value is -3.33. The zero-order valence-corrected chi connectivity index (χ0v) is 16.1. The summed E-state index contributed by atoms with van der Waals surface area (Å²) >= 11 is 0. The molecule has 134 valence electrons. The van der Waals surface area contributed by atoms with Crippen LogP contribution in [0.5, 0.6) is 0 Å². The van der Waals surface area contributed by atoms with Gasteiger partial charge in [-0.15, -0.1) is 0 Å². The van der Waals surface area contributed by atoms with Crippen molar-refractivity contribution in [3.63, 3.8) is 0 Å². The van der Waals surface area contributed by atoms with E-state index in [0.29, 0.717) is 0 Å². The maximum absolute atomic E-state index is 4.77. The molecule has 0 N–H and O–H groups in total. The number of hydrogen-bond acceptors (Lipinski definition) is 1. The van der Waals surface area contributed by atoms with Gasteiger partial charge in [-0.2, -0.15) is 0 Å². The van der Waals surface area contributed by atoms with E-state index in [1.54, 1.807) is 0 Å². The highest BCUT2D eigenvalue weighted by atomic mass is 14.9. The monoisotopic (exact) mass is 360 g/mol. The van der Waals surface area contributed by atoms with Crippen LogP contribution in [0.25, 0.3) is 21.8 Å². The highest BCUT2D eigenvalue weighted by molar-refractivity contribution is 6.84. The van der Waals surface area contributed by atoms with Crippen molar-refractivity contribution in [3.8, 4) is 0 Å². The molecule has 0 unspecified atom stereocenters. The van der Waals surface area contributed by atoms with Crippen LogP contribution in [0.4, 0.5) is 0 Å². The number of aromatic nitrogens is 2. The Labute approximate surface area is 165 Å². The van der Waals surface area contributed by atoms with Crippen molar-refractivity contribution in [1.29, 1.82) is 0 Å². The van der Waals surface area contributed by atoms with E-state index in [4.69, 9.17) is 4.98 Å². The minimum absolute atomic E-state index is 0.103. The highest BCUT2D eigenvalue weighted by Gasteiger charge is 2.27. The van der Waals surface area contributed by atoms with Gasteiger partial charge in [-0.3, -0.25) is 4.98 Å². The predicted molar refractivity (Wildman–Crippen MR) is 120 cm³/mol. The third-order valence-corrected chi connectivity index (χ3v) is 5.79. The van der Waals surface area contributed by atoms with Crippen molar-refractivity contribution in [2.45, 2.75) is 13.8 Å². The van der Waals surface area contributed by atoms with E-state index < -0.39 is 0 Å². The van der Waals surface area contributed by atoms with Crippen LogP contribution in [0.15, 0.2) is 91.1 Å². The van der Waals surface area contributed by atoms with Gasteiger partial charge in [0.25, 0.3) is 0 Å². The van der Waals surface area contributed by atoms with Gasteiger partial charge >= 0.3 is 6.85 Å². The number of benzene rings is 3. The number of rotatable bonds is 3. The fourth-order valence-electron chi connectivity index (χ4n) is 4.30. The molecule has 0 radical (unpaired) electrons. The van der Waals surface area contributed by atoms with Gasteiger partial charge in [-0.05, 0) is 25.5 Å². The zero-order valence-electron chi connectivity index (χ0n) is 16.1. The van der Waals surface area contributed by atoms with E-state index in [2.05, 4.69) is 97.2 Å². The van der Waals surface area contributed by atoms with Crippen LogP contribution < -0.4 is 10.9 Å². The van der Waals surface area contributed by atoms with E-state index in [9.17, 15) is 0 Å². The lowest BCUT2D eigenvalue weighted by Crippen LogP contribution is -2.49. The number of aryl methyl sites for hydroxylation is 1. The molecular formula is C25H21BN2. The first-order chi connectivity index (χ1) is 13.8. The molecule has 0 amide bonds. The van der Waals surface area contributed by atoms with Crippen LogP contribution in [0, 0.1) is 13.8 Å². The molecule has 3 aromatic carbocycles. The maximum Gasteiger partial charge on any atom is 0.327 e. The Bertz CT molecular complexity index is 1230. The van der Waals surface area contributed by atoms with Crippen molar-refractivity contribution in [2.75, 3.05) is 0 Å². The molecule has 0 saturated carbocycles. The van der Waals surface area contributed by atoms with E-state index in [1.165, 1.54) is 38.5 Å². The Morgan fingerprint density at radius 2 is 1.36 bits per heavy atom. The lowest BCUT2D eigenvalue weighted by atomic mass is 9.50. The lowest BCUT2D eigenvalue weighted by molar-refractivity contribution is 1.14. The number of hydrogen-bond donors (Lipinski definition) is 0. The molecule has 0 bridgehead atoms. The third kappa shape index (κ3) is 2.55. The predicted octanol–water partition coefficient (Wildman–Crippen LogP) is 4.46. The van der Waals surface area contributed by atoms with Crippen LogP contribution >= 0.6 is 0 Å². The van der Waals surface area contributed by atoms with Crippen LogP contribution in [0.1, 0.15) is 11.3 Å². The second-order valence-corrected chi connectivity index (χ2v) is 7.34. The molecule has 0 fully saturated rings. The summed E-state index contributed by atoms with van der Waals surface area (Å²) in [5, 5.41) is 2.45. The molecule has 2 nitrogen and oxygen atoms in total. The number of nitrogens with zero attached hydrogens (tertiary/aromatic N) is 2. The quantitative estimate of drug-likeness (QED) is 0.435. The fraction of sp³-hybridized carbons (Fsp3) is 0.0800. The number of fused-ring (bicyclic) bond motifs is 3. The minimum atomic E-state index is 0.103. The van der Waals surface area contributed by atoms with Gasteiger partial charge in [0, 0.05) is 22.7 Å². The van der Waals surface area contributed by atoms with Crippen molar-refractivity contribution in [2.24, 2.45) is 0 Å².